The fourth-order valence-electron chi connectivity index (χ4n) is 3.65. The van der Waals surface area contributed by atoms with Gasteiger partial charge in [-0.2, -0.15) is 0 Å². The normalized spacial score (nSPS) is 13.6. The van der Waals surface area contributed by atoms with Gasteiger partial charge in [0.15, 0.2) is 0 Å². The van der Waals surface area contributed by atoms with Gasteiger partial charge in [0.25, 0.3) is 0 Å². The summed E-state index contributed by atoms with van der Waals surface area (Å²) >= 11 is 13.6. The van der Waals surface area contributed by atoms with Crippen molar-refractivity contribution in [1.29, 1.82) is 0 Å². The summed E-state index contributed by atoms with van der Waals surface area (Å²) in [7, 11) is 0. The number of nitrogens with two attached hydrogens (primary N) is 2. The van der Waals surface area contributed by atoms with Crippen LogP contribution in [0.1, 0.15) is 85.8 Å². The van der Waals surface area contributed by atoms with Crippen LogP contribution in [0.25, 0.3) is 0 Å². The smallest absolute Gasteiger partial charge is 0.0496 e. The first-order valence-electron chi connectivity index (χ1n) is 9.78. The summed E-state index contributed by atoms with van der Waals surface area (Å²) < 4.78 is 0. The van der Waals surface area contributed by atoms with E-state index in [1.807, 2.05) is 13.8 Å². The quantitative estimate of drug-likeness (QED) is 0.491. The van der Waals surface area contributed by atoms with Crippen LogP contribution in [0.15, 0.2) is 12.1 Å². The monoisotopic (exact) mass is 406 g/mol. The van der Waals surface area contributed by atoms with Crippen LogP contribution in [0.3, 0.4) is 0 Å². The maximum Gasteiger partial charge on any atom is 0.0496 e. The van der Waals surface area contributed by atoms with E-state index >= 15 is 0 Å². The largest absolute Gasteiger partial charge is 0.398 e. The van der Waals surface area contributed by atoms with E-state index in [0.29, 0.717) is 18.3 Å². The van der Waals surface area contributed by atoms with E-state index in [1.165, 1.54) is 0 Å². The zero-order chi connectivity index (χ0) is 20.5. The summed E-state index contributed by atoms with van der Waals surface area (Å²) in [5.74, 6) is 0.630. The van der Waals surface area contributed by atoms with E-state index in [9.17, 15) is 0 Å². The fraction of sp³-hybridized carbons (Fsp3) is 0.478. The highest BCUT2D eigenvalue weighted by Crippen LogP contribution is 2.41. The molecule has 0 fully saturated rings. The van der Waals surface area contributed by atoms with Crippen molar-refractivity contribution in [2.24, 2.45) is 0 Å². The topological polar surface area (TPSA) is 52.0 Å². The van der Waals surface area contributed by atoms with E-state index in [2.05, 4.69) is 39.8 Å². The van der Waals surface area contributed by atoms with Gasteiger partial charge in [-0.05, 0) is 71.9 Å². The molecule has 0 saturated heterocycles. The van der Waals surface area contributed by atoms with Crippen LogP contribution in [0.4, 0.5) is 11.4 Å². The Labute approximate surface area is 174 Å². The maximum absolute atomic E-state index is 6.81. The molecule has 0 aliphatic heterocycles. The van der Waals surface area contributed by atoms with Crippen LogP contribution in [-0.2, 0) is 6.42 Å². The third-order valence-electron chi connectivity index (χ3n) is 5.84. The van der Waals surface area contributed by atoms with Crippen LogP contribution in [-0.4, -0.2) is 0 Å². The van der Waals surface area contributed by atoms with Crippen molar-refractivity contribution in [3.8, 4) is 0 Å². The molecule has 0 amide bonds. The Morgan fingerprint density at radius 3 is 1.41 bits per heavy atom. The Kier molecular flexibility index (Phi) is 7.10. The molecule has 4 heteroatoms. The van der Waals surface area contributed by atoms with Gasteiger partial charge in [-0.15, -0.1) is 0 Å². The van der Waals surface area contributed by atoms with Gasteiger partial charge in [-0.25, -0.2) is 0 Å². The summed E-state index contributed by atoms with van der Waals surface area (Å²) in [6, 6.07) is 4.18. The molecule has 0 aliphatic rings. The predicted molar refractivity (Wildman–Crippen MR) is 121 cm³/mol. The van der Waals surface area contributed by atoms with Crippen molar-refractivity contribution in [2.45, 2.75) is 72.6 Å². The molecule has 0 heterocycles. The van der Waals surface area contributed by atoms with Crippen molar-refractivity contribution >= 4 is 34.6 Å². The molecule has 2 unspecified atom stereocenters. The van der Waals surface area contributed by atoms with Gasteiger partial charge in [-0.1, -0.05) is 63.0 Å². The number of aryl methyl sites for hydroxylation is 2. The second kappa shape index (κ2) is 8.75. The first kappa shape index (κ1) is 21.9. The summed E-state index contributed by atoms with van der Waals surface area (Å²) in [5.41, 5.74) is 20.7. The van der Waals surface area contributed by atoms with Crippen LogP contribution >= 0.6 is 23.2 Å². The van der Waals surface area contributed by atoms with Gasteiger partial charge in [-0.3, -0.25) is 0 Å². The minimum Gasteiger partial charge on any atom is -0.398 e. The SMILES string of the molecule is CCC(C)c1c(N)c(C)cc(Cc2cc(C)c(N)c(C(C)CC)c2Cl)c1Cl. The predicted octanol–water partition coefficient (Wildman–Crippen LogP) is 7.39. The fourth-order valence-corrected chi connectivity index (χ4v) is 4.47. The van der Waals surface area contributed by atoms with Crippen LogP contribution < -0.4 is 11.5 Å². The van der Waals surface area contributed by atoms with Crippen LogP contribution in [0, 0.1) is 13.8 Å². The number of rotatable bonds is 6. The zero-order valence-electron chi connectivity index (χ0n) is 17.3. The minimum absolute atomic E-state index is 0.315. The second-order valence-electron chi connectivity index (χ2n) is 7.78. The molecule has 148 valence electrons. The van der Waals surface area contributed by atoms with E-state index in [0.717, 1.165) is 67.6 Å². The highest BCUT2D eigenvalue weighted by molar-refractivity contribution is 6.33. The standard InChI is InChI=1S/C23H32Cl2N2/c1-7-12(3)18-20(24)16(9-14(5)22(18)26)11-17-10-15(6)23(27)19(21(17)25)13(4)8-2/h9-10,12-13H,7-8,11,26-27H2,1-6H3. The molecule has 4 N–H and O–H groups in total. The molecular formula is C23H32Cl2N2. The maximum atomic E-state index is 6.81. The van der Waals surface area contributed by atoms with Crippen molar-refractivity contribution in [2.75, 3.05) is 11.5 Å². The molecule has 0 spiro atoms. The van der Waals surface area contributed by atoms with Gasteiger partial charge in [0, 0.05) is 27.8 Å². The lowest BCUT2D eigenvalue weighted by Gasteiger charge is -2.22. The van der Waals surface area contributed by atoms with Gasteiger partial charge in [0.2, 0.25) is 0 Å². The number of hydrogen-bond donors (Lipinski definition) is 2. The molecule has 2 nitrogen and oxygen atoms in total. The molecule has 0 aromatic heterocycles. The number of nitrogen functional groups attached to an aromatic ring is 2. The molecule has 2 aromatic rings. The molecule has 0 saturated carbocycles. The highest BCUT2D eigenvalue weighted by atomic mass is 35.5. The van der Waals surface area contributed by atoms with Crippen LogP contribution in [0.2, 0.25) is 10.0 Å². The molecule has 0 radical (unpaired) electrons. The van der Waals surface area contributed by atoms with Crippen molar-refractivity contribution in [3.63, 3.8) is 0 Å². The summed E-state index contributed by atoms with van der Waals surface area (Å²) in [6.45, 7) is 12.7. The molecule has 2 rings (SSSR count). The third-order valence-corrected chi connectivity index (χ3v) is 6.73. The average Bonchev–Trinajstić information content (AvgIpc) is 2.63. The summed E-state index contributed by atoms with van der Waals surface area (Å²) in [4.78, 5) is 0. The lowest BCUT2D eigenvalue weighted by Crippen LogP contribution is -2.07. The first-order chi connectivity index (χ1) is 12.6. The Morgan fingerprint density at radius 2 is 1.11 bits per heavy atom. The highest BCUT2D eigenvalue weighted by Gasteiger charge is 2.21. The van der Waals surface area contributed by atoms with Crippen molar-refractivity contribution in [1.82, 2.24) is 0 Å². The summed E-state index contributed by atoms with van der Waals surface area (Å²) in [6.07, 6.45) is 2.66. The zero-order valence-corrected chi connectivity index (χ0v) is 18.9. The van der Waals surface area contributed by atoms with E-state index < -0.39 is 0 Å². The number of halogens is 2. The number of hydrogen-bond acceptors (Lipinski definition) is 2. The van der Waals surface area contributed by atoms with Gasteiger partial charge >= 0.3 is 0 Å². The Hall–Kier alpha value is -1.38. The van der Waals surface area contributed by atoms with Gasteiger partial charge < -0.3 is 11.5 Å². The number of anilines is 2. The number of benzene rings is 2. The second-order valence-corrected chi connectivity index (χ2v) is 8.54. The van der Waals surface area contributed by atoms with E-state index in [4.69, 9.17) is 34.7 Å². The molecule has 0 aliphatic carbocycles. The third kappa shape index (κ3) is 4.22. The van der Waals surface area contributed by atoms with Gasteiger partial charge in [0.05, 0.1) is 0 Å². The first-order valence-corrected chi connectivity index (χ1v) is 10.5. The lowest BCUT2D eigenvalue weighted by molar-refractivity contribution is 0.732. The minimum atomic E-state index is 0.315. The van der Waals surface area contributed by atoms with E-state index in [1.54, 1.807) is 0 Å². The summed E-state index contributed by atoms with van der Waals surface area (Å²) in [5, 5.41) is 1.53. The van der Waals surface area contributed by atoms with E-state index in [-0.39, 0.29) is 0 Å². The Balaban J connectivity index is 2.61. The molecule has 2 atom stereocenters. The average molecular weight is 407 g/mol. The molecule has 2 aromatic carbocycles. The van der Waals surface area contributed by atoms with Crippen molar-refractivity contribution < 1.29 is 0 Å². The van der Waals surface area contributed by atoms with Crippen molar-refractivity contribution in [3.05, 3.63) is 55.6 Å². The van der Waals surface area contributed by atoms with Gasteiger partial charge in [0.1, 0.15) is 0 Å². The molecule has 0 bridgehead atoms. The van der Waals surface area contributed by atoms with Crippen LogP contribution in [0.5, 0.6) is 0 Å². The lowest BCUT2D eigenvalue weighted by atomic mass is 9.88. The molecular weight excluding hydrogens is 375 g/mol. The Bertz CT molecular complexity index is 774. The Morgan fingerprint density at radius 1 is 0.778 bits per heavy atom. The molecule has 27 heavy (non-hydrogen) atoms.